The van der Waals surface area contributed by atoms with Crippen LogP contribution in [0, 0.1) is 5.82 Å². The molecule has 1 atom stereocenters. The minimum Gasteiger partial charge on any atom is -0.305 e. The van der Waals surface area contributed by atoms with Crippen LogP contribution >= 0.6 is 0 Å². The number of hydrogen-bond donors (Lipinski definition) is 1. The average Bonchev–Trinajstić information content (AvgIpc) is 2.47. The number of nitrogens with one attached hydrogen (secondary N) is 1. The van der Waals surface area contributed by atoms with Crippen molar-refractivity contribution in [2.24, 2.45) is 14.1 Å². The summed E-state index contributed by atoms with van der Waals surface area (Å²) in [7, 11) is 3.04. The molecule has 0 bridgehead atoms. The fraction of sp³-hybridized carbons (Fsp3) is 0.333. The highest BCUT2D eigenvalue weighted by atomic mass is 19.1. The van der Waals surface area contributed by atoms with Crippen LogP contribution in [0.5, 0.6) is 0 Å². The summed E-state index contributed by atoms with van der Waals surface area (Å²) >= 11 is 0. The molecule has 0 saturated carbocycles. The van der Waals surface area contributed by atoms with Crippen molar-refractivity contribution in [2.45, 2.75) is 19.5 Å². The zero-order chi connectivity index (χ0) is 15.6. The number of nitrogens with zero attached hydrogens (tertiary/aromatic N) is 2. The minimum atomic E-state index is -0.377. The molecule has 112 valence electrons. The molecule has 1 N–H and O–H groups in total. The molecule has 1 heterocycles. The summed E-state index contributed by atoms with van der Waals surface area (Å²) in [5, 5.41) is 3.12. The summed E-state index contributed by atoms with van der Waals surface area (Å²) in [5.41, 5.74) is 0.379. The van der Waals surface area contributed by atoms with E-state index in [0.29, 0.717) is 17.8 Å². The molecule has 0 fully saturated rings. The molecule has 21 heavy (non-hydrogen) atoms. The van der Waals surface area contributed by atoms with Crippen LogP contribution in [0.25, 0.3) is 0 Å². The van der Waals surface area contributed by atoms with Gasteiger partial charge in [0.2, 0.25) is 0 Å². The zero-order valence-electron chi connectivity index (χ0n) is 12.3. The summed E-state index contributed by atoms with van der Waals surface area (Å²) in [6, 6.07) is 7.69. The van der Waals surface area contributed by atoms with Crippen molar-refractivity contribution in [2.75, 3.05) is 0 Å². The third-order valence-corrected chi connectivity index (χ3v) is 3.59. The lowest BCUT2D eigenvalue weighted by molar-refractivity contribution is 0.511. The molecule has 0 saturated heterocycles. The maximum absolute atomic E-state index is 13.7. The van der Waals surface area contributed by atoms with Crippen LogP contribution in [-0.2, 0) is 20.6 Å². The van der Waals surface area contributed by atoms with E-state index in [-0.39, 0.29) is 23.1 Å². The third kappa shape index (κ3) is 3.11. The smallest absolute Gasteiger partial charge is 0.305 e. The maximum Gasteiger partial charge on any atom is 0.330 e. The Hall–Kier alpha value is -2.21. The first-order chi connectivity index (χ1) is 9.91. The van der Waals surface area contributed by atoms with Gasteiger partial charge in [-0.05, 0) is 13.0 Å². The second-order valence-corrected chi connectivity index (χ2v) is 5.00. The van der Waals surface area contributed by atoms with E-state index in [1.165, 1.54) is 23.7 Å². The van der Waals surface area contributed by atoms with Gasteiger partial charge in [0.15, 0.2) is 0 Å². The largest absolute Gasteiger partial charge is 0.330 e. The summed E-state index contributed by atoms with van der Waals surface area (Å²) in [6.07, 6.45) is 0. The van der Waals surface area contributed by atoms with Crippen LogP contribution in [-0.4, -0.2) is 9.13 Å². The minimum absolute atomic E-state index is 0.231. The molecule has 2 rings (SSSR count). The van der Waals surface area contributed by atoms with E-state index in [9.17, 15) is 14.0 Å². The first-order valence-corrected chi connectivity index (χ1v) is 6.65. The van der Waals surface area contributed by atoms with Crippen molar-refractivity contribution < 1.29 is 4.39 Å². The van der Waals surface area contributed by atoms with Gasteiger partial charge in [0, 0.05) is 44.0 Å². The first-order valence-electron chi connectivity index (χ1n) is 6.65. The predicted octanol–water partition coefficient (Wildman–Crippen LogP) is 1.07. The van der Waals surface area contributed by atoms with Gasteiger partial charge in [-0.25, -0.2) is 9.18 Å². The highest BCUT2D eigenvalue weighted by Crippen LogP contribution is 2.16. The van der Waals surface area contributed by atoms with E-state index in [4.69, 9.17) is 0 Å². The Morgan fingerprint density at radius 3 is 2.52 bits per heavy atom. The van der Waals surface area contributed by atoms with Crippen LogP contribution in [0.2, 0.25) is 0 Å². The molecule has 0 amide bonds. The Morgan fingerprint density at radius 1 is 1.19 bits per heavy atom. The van der Waals surface area contributed by atoms with Gasteiger partial charge in [-0.2, -0.15) is 0 Å². The standard InChI is InChI=1S/C15H18FN3O2/c1-10(12-6-4-5-7-13(12)16)17-9-11-8-14(20)19(3)15(21)18(11)2/h4-8,10,17H,9H2,1-3H3/t10-/m1/s1. The molecule has 2 aromatic rings. The fourth-order valence-corrected chi connectivity index (χ4v) is 2.14. The maximum atomic E-state index is 13.7. The molecule has 0 aliphatic carbocycles. The number of hydrogen-bond acceptors (Lipinski definition) is 3. The Balaban J connectivity index is 2.20. The second kappa shape index (κ2) is 6.05. The molecular formula is C15H18FN3O2. The molecule has 5 nitrogen and oxygen atoms in total. The summed E-state index contributed by atoms with van der Waals surface area (Å²) in [6.45, 7) is 2.13. The first kappa shape index (κ1) is 15.2. The summed E-state index contributed by atoms with van der Waals surface area (Å²) in [4.78, 5) is 23.5. The Morgan fingerprint density at radius 2 is 1.86 bits per heavy atom. The molecule has 0 aliphatic heterocycles. The van der Waals surface area contributed by atoms with E-state index in [1.54, 1.807) is 25.2 Å². The van der Waals surface area contributed by atoms with Gasteiger partial charge in [0.1, 0.15) is 5.82 Å². The molecule has 6 heteroatoms. The number of halogens is 1. The molecule has 1 aromatic heterocycles. The van der Waals surface area contributed by atoms with E-state index in [0.717, 1.165) is 4.57 Å². The lowest BCUT2D eigenvalue weighted by atomic mass is 10.1. The van der Waals surface area contributed by atoms with Crippen molar-refractivity contribution >= 4 is 0 Å². The molecule has 0 spiro atoms. The second-order valence-electron chi connectivity index (χ2n) is 5.00. The highest BCUT2D eigenvalue weighted by Gasteiger charge is 2.11. The fourth-order valence-electron chi connectivity index (χ4n) is 2.14. The topological polar surface area (TPSA) is 56.0 Å². The van der Waals surface area contributed by atoms with Crippen molar-refractivity contribution in [3.05, 3.63) is 68.2 Å². The van der Waals surface area contributed by atoms with E-state index in [1.807, 2.05) is 6.92 Å². The van der Waals surface area contributed by atoms with Crippen molar-refractivity contribution in [1.29, 1.82) is 0 Å². The molecule has 0 unspecified atom stereocenters. The van der Waals surface area contributed by atoms with Gasteiger partial charge in [-0.15, -0.1) is 0 Å². The highest BCUT2D eigenvalue weighted by molar-refractivity contribution is 5.20. The number of aromatic nitrogens is 2. The van der Waals surface area contributed by atoms with Crippen molar-refractivity contribution in [3.8, 4) is 0 Å². The van der Waals surface area contributed by atoms with Gasteiger partial charge in [-0.3, -0.25) is 13.9 Å². The summed E-state index contributed by atoms with van der Waals surface area (Å²) in [5.74, 6) is -0.282. The van der Waals surface area contributed by atoms with E-state index >= 15 is 0 Å². The van der Waals surface area contributed by atoms with E-state index in [2.05, 4.69) is 5.32 Å². The van der Waals surface area contributed by atoms with Crippen LogP contribution < -0.4 is 16.6 Å². The van der Waals surface area contributed by atoms with E-state index < -0.39 is 0 Å². The SMILES string of the molecule is C[C@@H](NCc1cc(=O)n(C)c(=O)n1C)c1ccccc1F. The van der Waals surface area contributed by atoms with Gasteiger partial charge in [0.25, 0.3) is 5.56 Å². The molecule has 0 radical (unpaired) electrons. The van der Waals surface area contributed by atoms with Gasteiger partial charge < -0.3 is 5.32 Å². The molecule has 1 aromatic carbocycles. The van der Waals surface area contributed by atoms with Crippen LogP contribution in [0.3, 0.4) is 0 Å². The Kier molecular flexibility index (Phi) is 4.37. The Labute approximate surface area is 121 Å². The molecular weight excluding hydrogens is 273 g/mol. The lowest BCUT2D eigenvalue weighted by Gasteiger charge is -2.16. The summed E-state index contributed by atoms with van der Waals surface area (Å²) < 4.78 is 16.1. The quantitative estimate of drug-likeness (QED) is 0.917. The monoisotopic (exact) mass is 291 g/mol. The number of rotatable bonds is 4. The Bertz CT molecular complexity index is 764. The van der Waals surface area contributed by atoms with Crippen LogP contribution in [0.1, 0.15) is 24.2 Å². The predicted molar refractivity (Wildman–Crippen MR) is 78.6 cm³/mol. The van der Waals surface area contributed by atoms with Crippen LogP contribution in [0.15, 0.2) is 39.9 Å². The van der Waals surface area contributed by atoms with Crippen molar-refractivity contribution in [1.82, 2.24) is 14.5 Å². The zero-order valence-corrected chi connectivity index (χ0v) is 12.3. The normalized spacial score (nSPS) is 12.4. The van der Waals surface area contributed by atoms with Gasteiger partial charge >= 0.3 is 5.69 Å². The third-order valence-electron chi connectivity index (χ3n) is 3.59. The van der Waals surface area contributed by atoms with Gasteiger partial charge in [-0.1, -0.05) is 18.2 Å². The van der Waals surface area contributed by atoms with Crippen LogP contribution in [0.4, 0.5) is 4.39 Å². The average molecular weight is 291 g/mol. The van der Waals surface area contributed by atoms with Crippen molar-refractivity contribution in [3.63, 3.8) is 0 Å². The molecule has 0 aliphatic rings. The van der Waals surface area contributed by atoms with Gasteiger partial charge in [0.05, 0.1) is 0 Å². The number of benzene rings is 1. The lowest BCUT2D eigenvalue weighted by Crippen LogP contribution is -2.39.